The van der Waals surface area contributed by atoms with E-state index in [2.05, 4.69) is 0 Å². The molecular formula is C11H12O2. The summed E-state index contributed by atoms with van der Waals surface area (Å²) in [5.74, 6) is -0.810. The van der Waals surface area contributed by atoms with Crippen molar-refractivity contribution < 1.29 is 9.59 Å². The van der Waals surface area contributed by atoms with Crippen LogP contribution < -0.4 is 0 Å². The van der Waals surface area contributed by atoms with Crippen LogP contribution in [0.5, 0.6) is 0 Å². The van der Waals surface area contributed by atoms with Gasteiger partial charge in [0.05, 0.1) is 0 Å². The van der Waals surface area contributed by atoms with Crippen molar-refractivity contribution in [2.45, 2.75) is 20.8 Å². The number of benzene rings is 1. The molecule has 1 rings (SSSR count). The standard InChI is InChI=1S/C11H12O2/c1-7-5-4-6-10(8(7)2)11(13)9(3)12/h4-6H,1-3H3. The fraction of sp³-hybridized carbons (Fsp3) is 0.273. The summed E-state index contributed by atoms with van der Waals surface area (Å²) in [7, 11) is 0. The Labute approximate surface area is 77.6 Å². The molecule has 0 amide bonds. The second-order valence-corrected chi connectivity index (χ2v) is 3.13. The minimum Gasteiger partial charge on any atom is -0.291 e. The fourth-order valence-electron chi connectivity index (χ4n) is 1.19. The molecule has 0 atom stereocenters. The van der Waals surface area contributed by atoms with Crippen molar-refractivity contribution in [1.29, 1.82) is 0 Å². The Balaban J connectivity index is 3.23. The molecule has 0 spiro atoms. The quantitative estimate of drug-likeness (QED) is 0.510. The van der Waals surface area contributed by atoms with Gasteiger partial charge in [-0.2, -0.15) is 0 Å². The smallest absolute Gasteiger partial charge is 0.228 e. The Kier molecular flexibility index (Phi) is 2.61. The van der Waals surface area contributed by atoms with Gasteiger partial charge < -0.3 is 0 Å². The molecule has 0 radical (unpaired) electrons. The molecule has 1 aromatic carbocycles. The van der Waals surface area contributed by atoms with Crippen molar-refractivity contribution in [1.82, 2.24) is 0 Å². The molecule has 0 aliphatic carbocycles. The van der Waals surface area contributed by atoms with Gasteiger partial charge in [0.15, 0.2) is 5.78 Å². The van der Waals surface area contributed by atoms with Crippen molar-refractivity contribution >= 4 is 11.6 Å². The van der Waals surface area contributed by atoms with Gasteiger partial charge in [-0.05, 0) is 25.0 Å². The van der Waals surface area contributed by atoms with Crippen LogP contribution in [0.1, 0.15) is 28.4 Å². The highest BCUT2D eigenvalue weighted by molar-refractivity contribution is 6.43. The van der Waals surface area contributed by atoms with Gasteiger partial charge in [-0.3, -0.25) is 9.59 Å². The lowest BCUT2D eigenvalue weighted by Gasteiger charge is -2.04. The van der Waals surface area contributed by atoms with E-state index < -0.39 is 11.6 Å². The molecule has 0 aliphatic rings. The number of carbonyl (C=O) groups excluding carboxylic acids is 2. The van der Waals surface area contributed by atoms with E-state index in [-0.39, 0.29) is 0 Å². The van der Waals surface area contributed by atoms with Gasteiger partial charge in [0.25, 0.3) is 0 Å². The largest absolute Gasteiger partial charge is 0.291 e. The maximum Gasteiger partial charge on any atom is 0.228 e. The predicted molar refractivity (Wildman–Crippen MR) is 50.9 cm³/mol. The average molecular weight is 176 g/mol. The van der Waals surface area contributed by atoms with E-state index in [0.29, 0.717) is 5.56 Å². The van der Waals surface area contributed by atoms with Crippen molar-refractivity contribution in [3.8, 4) is 0 Å². The van der Waals surface area contributed by atoms with Crippen LogP contribution in [0.2, 0.25) is 0 Å². The molecule has 0 unspecified atom stereocenters. The Morgan fingerprint density at radius 3 is 2.31 bits per heavy atom. The number of hydrogen-bond acceptors (Lipinski definition) is 2. The minimum atomic E-state index is -0.409. The van der Waals surface area contributed by atoms with E-state index in [1.165, 1.54) is 6.92 Å². The second kappa shape index (κ2) is 3.52. The van der Waals surface area contributed by atoms with E-state index in [0.717, 1.165) is 11.1 Å². The van der Waals surface area contributed by atoms with Gasteiger partial charge in [-0.25, -0.2) is 0 Å². The van der Waals surface area contributed by atoms with E-state index >= 15 is 0 Å². The molecule has 0 heterocycles. The Morgan fingerprint density at radius 1 is 1.15 bits per heavy atom. The fourth-order valence-corrected chi connectivity index (χ4v) is 1.19. The van der Waals surface area contributed by atoms with Crippen LogP contribution in [0.25, 0.3) is 0 Å². The van der Waals surface area contributed by atoms with Crippen LogP contribution in [0.15, 0.2) is 18.2 Å². The van der Waals surface area contributed by atoms with Crippen LogP contribution in [0.4, 0.5) is 0 Å². The maximum atomic E-state index is 11.4. The van der Waals surface area contributed by atoms with Gasteiger partial charge in [0.2, 0.25) is 5.78 Å². The van der Waals surface area contributed by atoms with Crippen molar-refractivity contribution in [2.24, 2.45) is 0 Å². The third kappa shape index (κ3) is 1.83. The van der Waals surface area contributed by atoms with E-state index in [1.54, 1.807) is 12.1 Å². The molecule has 1 aromatic rings. The molecule has 0 fully saturated rings. The number of Topliss-reactive ketones (excluding diaryl/α,β-unsaturated/α-hetero) is 2. The van der Waals surface area contributed by atoms with Crippen molar-refractivity contribution in [2.75, 3.05) is 0 Å². The van der Waals surface area contributed by atoms with Gasteiger partial charge in [0, 0.05) is 12.5 Å². The Hall–Kier alpha value is -1.44. The number of rotatable bonds is 2. The number of carbonyl (C=O) groups is 2. The molecule has 68 valence electrons. The summed E-state index contributed by atoms with van der Waals surface area (Å²) in [5.41, 5.74) is 2.45. The second-order valence-electron chi connectivity index (χ2n) is 3.13. The highest BCUT2D eigenvalue weighted by Crippen LogP contribution is 2.13. The Bertz CT molecular complexity index is 364. The first kappa shape index (κ1) is 9.65. The van der Waals surface area contributed by atoms with E-state index in [1.807, 2.05) is 19.9 Å². The van der Waals surface area contributed by atoms with Gasteiger partial charge >= 0.3 is 0 Å². The monoisotopic (exact) mass is 176 g/mol. The lowest BCUT2D eigenvalue weighted by Crippen LogP contribution is -2.11. The molecule has 2 heteroatoms. The Morgan fingerprint density at radius 2 is 1.77 bits per heavy atom. The zero-order valence-electron chi connectivity index (χ0n) is 8.05. The van der Waals surface area contributed by atoms with Crippen LogP contribution in [0.3, 0.4) is 0 Å². The maximum absolute atomic E-state index is 11.4. The normalized spacial score (nSPS) is 9.77. The van der Waals surface area contributed by atoms with Crippen molar-refractivity contribution in [3.05, 3.63) is 34.9 Å². The van der Waals surface area contributed by atoms with Gasteiger partial charge in [-0.1, -0.05) is 18.2 Å². The first-order valence-corrected chi connectivity index (χ1v) is 4.15. The van der Waals surface area contributed by atoms with Crippen molar-refractivity contribution in [3.63, 3.8) is 0 Å². The molecule has 0 aliphatic heterocycles. The zero-order valence-corrected chi connectivity index (χ0v) is 8.05. The third-order valence-electron chi connectivity index (χ3n) is 2.17. The number of aryl methyl sites for hydroxylation is 1. The SMILES string of the molecule is CC(=O)C(=O)c1cccc(C)c1C. The molecular weight excluding hydrogens is 164 g/mol. The molecule has 0 saturated heterocycles. The molecule has 2 nitrogen and oxygen atoms in total. The zero-order chi connectivity index (χ0) is 10.0. The van der Waals surface area contributed by atoms with Gasteiger partial charge in [0.1, 0.15) is 0 Å². The highest BCUT2D eigenvalue weighted by atomic mass is 16.2. The van der Waals surface area contributed by atoms with E-state index in [9.17, 15) is 9.59 Å². The van der Waals surface area contributed by atoms with Crippen LogP contribution in [0, 0.1) is 13.8 Å². The first-order valence-electron chi connectivity index (χ1n) is 4.15. The molecule has 0 saturated carbocycles. The summed E-state index contributed by atoms with van der Waals surface area (Å²) >= 11 is 0. The third-order valence-corrected chi connectivity index (χ3v) is 2.17. The lowest BCUT2D eigenvalue weighted by molar-refractivity contribution is -0.113. The van der Waals surface area contributed by atoms with Gasteiger partial charge in [-0.15, -0.1) is 0 Å². The summed E-state index contributed by atoms with van der Waals surface area (Å²) in [4.78, 5) is 22.2. The highest BCUT2D eigenvalue weighted by Gasteiger charge is 2.13. The summed E-state index contributed by atoms with van der Waals surface area (Å²) in [5, 5.41) is 0. The summed E-state index contributed by atoms with van der Waals surface area (Å²) in [6, 6.07) is 5.40. The topological polar surface area (TPSA) is 34.1 Å². The molecule has 13 heavy (non-hydrogen) atoms. The summed E-state index contributed by atoms with van der Waals surface area (Å²) in [6.07, 6.45) is 0. The lowest BCUT2D eigenvalue weighted by atomic mass is 9.99. The minimum absolute atomic E-state index is 0.402. The number of hydrogen-bond donors (Lipinski definition) is 0. The summed E-state index contributed by atoms with van der Waals surface area (Å²) in [6.45, 7) is 5.07. The average Bonchev–Trinajstić information content (AvgIpc) is 2.08. The number of ketones is 2. The van der Waals surface area contributed by atoms with E-state index in [4.69, 9.17) is 0 Å². The van der Waals surface area contributed by atoms with Crippen LogP contribution >= 0.6 is 0 Å². The molecule has 0 N–H and O–H groups in total. The molecule has 0 aromatic heterocycles. The first-order chi connectivity index (χ1) is 6.04. The van der Waals surface area contributed by atoms with Crippen LogP contribution in [-0.2, 0) is 4.79 Å². The van der Waals surface area contributed by atoms with Crippen LogP contribution in [-0.4, -0.2) is 11.6 Å². The molecule has 0 bridgehead atoms. The predicted octanol–water partition coefficient (Wildman–Crippen LogP) is 2.08. The summed E-state index contributed by atoms with van der Waals surface area (Å²) < 4.78 is 0.